The molecule has 0 saturated heterocycles. The first-order valence-corrected chi connectivity index (χ1v) is 8.79. The summed E-state index contributed by atoms with van der Waals surface area (Å²) in [7, 11) is 0. The van der Waals surface area contributed by atoms with Gasteiger partial charge in [-0.2, -0.15) is 0 Å². The van der Waals surface area contributed by atoms with Gasteiger partial charge in [0.15, 0.2) is 0 Å². The molecule has 0 saturated carbocycles. The topological polar surface area (TPSA) is 52.0 Å². The summed E-state index contributed by atoms with van der Waals surface area (Å²) in [6.07, 6.45) is 7.65. The fraction of sp³-hybridized carbons (Fsp3) is 0.429. The molecule has 0 radical (unpaired) electrons. The van der Waals surface area contributed by atoms with E-state index >= 15 is 0 Å². The molecule has 2 rings (SSSR count). The zero-order valence-electron chi connectivity index (χ0n) is 14.1. The van der Waals surface area contributed by atoms with Gasteiger partial charge < -0.3 is 11.5 Å². The molecule has 2 nitrogen and oxygen atoms in total. The fourth-order valence-corrected chi connectivity index (χ4v) is 3.22. The lowest BCUT2D eigenvalue weighted by Crippen LogP contribution is -2.44. The summed E-state index contributed by atoms with van der Waals surface area (Å²) in [6, 6.07) is 21.2. The molecule has 2 heteroatoms. The second-order valence-electron chi connectivity index (χ2n) is 6.64. The van der Waals surface area contributed by atoms with Crippen LogP contribution in [-0.2, 0) is 12.8 Å². The number of rotatable bonds is 10. The Morgan fingerprint density at radius 3 is 1.61 bits per heavy atom. The van der Waals surface area contributed by atoms with Gasteiger partial charge in [0.05, 0.1) is 0 Å². The van der Waals surface area contributed by atoms with E-state index in [1.807, 2.05) is 0 Å². The molecule has 2 aromatic rings. The summed E-state index contributed by atoms with van der Waals surface area (Å²) in [6.45, 7) is 0.793. The van der Waals surface area contributed by atoms with E-state index in [9.17, 15) is 0 Å². The van der Waals surface area contributed by atoms with Gasteiger partial charge in [-0.3, -0.25) is 0 Å². The lowest BCUT2D eigenvalue weighted by molar-refractivity contribution is 0.368. The zero-order chi connectivity index (χ0) is 16.4. The van der Waals surface area contributed by atoms with Gasteiger partial charge in [0, 0.05) is 5.54 Å². The summed E-state index contributed by atoms with van der Waals surface area (Å²) in [5.41, 5.74) is 14.9. The highest BCUT2D eigenvalue weighted by molar-refractivity contribution is 5.22. The van der Waals surface area contributed by atoms with Crippen molar-refractivity contribution < 1.29 is 0 Å². The quantitative estimate of drug-likeness (QED) is 0.650. The van der Waals surface area contributed by atoms with Gasteiger partial charge in [-0.1, -0.05) is 79.9 Å². The van der Waals surface area contributed by atoms with Crippen LogP contribution in [0.4, 0.5) is 0 Å². The second kappa shape index (κ2) is 9.49. The van der Waals surface area contributed by atoms with Crippen LogP contribution < -0.4 is 11.5 Å². The van der Waals surface area contributed by atoms with Crippen LogP contribution in [0.25, 0.3) is 0 Å². The first-order valence-electron chi connectivity index (χ1n) is 8.79. The van der Waals surface area contributed by atoms with E-state index in [0.717, 1.165) is 32.2 Å². The summed E-state index contributed by atoms with van der Waals surface area (Å²) in [5, 5.41) is 0. The lowest BCUT2D eigenvalue weighted by atomic mass is 9.81. The largest absolute Gasteiger partial charge is 0.330 e. The molecule has 4 N–H and O–H groups in total. The molecule has 2 aromatic carbocycles. The average molecular weight is 310 g/mol. The van der Waals surface area contributed by atoms with Gasteiger partial charge in [0.2, 0.25) is 0 Å². The van der Waals surface area contributed by atoms with Crippen molar-refractivity contribution in [1.29, 1.82) is 0 Å². The van der Waals surface area contributed by atoms with E-state index in [1.165, 1.54) is 30.4 Å². The lowest BCUT2D eigenvalue weighted by Gasteiger charge is -2.30. The molecule has 0 fully saturated rings. The molecular weight excluding hydrogens is 280 g/mol. The predicted molar refractivity (Wildman–Crippen MR) is 99.3 cm³/mol. The zero-order valence-corrected chi connectivity index (χ0v) is 14.1. The number of hydrogen-bond acceptors (Lipinski definition) is 2. The van der Waals surface area contributed by atoms with Crippen molar-refractivity contribution in [3.8, 4) is 0 Å². The van der Waals surface area contributed by atoms with Gasteiger partial charge in [0.1, 0.15) is 0 Å². The number of hydrogen-bond donors (Lipinski definition) is 2. The minimum Gasteiger partial charge on any atom is -0.330 e. The van der Waals surface area contributed by atoms with Gasteiger partial charge >= 0.3 is 0 Å². The van der Waals surface area contributed by atoms with Crippen LogP contribution in [-0.4, -0.2) is 12.1 Å². The third kappa shape index (κ3) is 6.55. The third-order valence-corrected chi connectivity index (χ3v) is 4.43. The molecule has 0 spiro atoms. The van der Waals surface area contributed by atoms with Crippen molar-refractivity contribution in [3.63, 3.8) is 0 Å². The molecule has 0 aliphatic carbocycles. The van der Waals surface area contributed by atoms with Crippen molar-refractivity contribution in [2.45, 2.75) is 50.5 Å². The van der Waals surface area contributed by atoms with E-state index in [-0.39, 0.29) is 5.54 Å². The number of benzene rings is 2. The smallest absolute Gasteiger partial charge is 0.0235 e. The molecule has 0 aliphatic rings. The van der Waals surface area contributed by atoms with Crippen LogP contribution in [0, 0.1) is 0 Å². The SMILES string of the molecule is NCCCCCCC(N)(Cc1ccccc1)Cc1ccccc1. The Bertz CT molecular complexity index is 495. The van der Waals surface area contributed by atoms with Crippen molar-refractivity contribution >= 4 is 0 Å². The van der Waals surface area contributed by atoms with Crippen molar-refractivity contribution in [2.75, 3.05) is 6.54 Å². The molecule has 0 bridgehead atoms. The Hall–Kier alpha value is -1.64. The molecular formula is C21H30N2. The molecule has 0 unspecified atom stereocenters. The Morgan fingerprint density at radius 1 is 0.652 bits per heavy atom. The van der Waals surface area contributed by atoms with Crippen LogP contribution in [0.2, 0.25) is 0 Å². The maximum Gasteiger partial charge on any atom is 0.0235 e. The molecule has 0 amide bonds. The van der Waals surface area contributed by atoms with Crippen molar-refractivity contribution in [2.24, 2.45) is 11.5 Å². The van der Waals surface area contributed by atoms with Crippen molar-refractivity contribution in [1.82, 2.24) is 0 Å². The highest BCUT2D eigenvalue weighted by Crippen LogP contribution is 2.23. The van der Waals surface area contributed by atoms with E-state index in [1.54, 1.807) is 0 Å². The highest BCUT2D eigenvalue weighted by atomic mass is 14.7. The van der Waals surface area contributed by atoms with Crippen molar-refractivity contribution in [3.05, 3.63) is 71.8 Å². The molecule has 23 heavy (non-hydrogen) atoms. The number of nitrogens with two attached hydrogens (primary N) is 2. The maximum atomic E-state index is 6.85. The summed E-state index contributed by atoms with van der Waals surface area (Å²) >= 11 is 0. The highest BCUT2D eigenvalue weighted by Gasteiger charge is 2.25. The molecule has 0 heterocycles. The Morgan fingerprint density at radius 2 is 1.13 bits per heavy atom. The predicted octanol–water partition coefficient (Wildman–Crippen LogP) is 4.08. The van der Waals surface area contributed by atoms with Crippen LogP contribution in [0.5, 0.6) is 0 Å². The van der Waals surface area contributed by atoms with Crippen LogP contribution >= 0.6 is 0 Å². The van der Waals surface area contributed by atoms with Gasteiger partial charge in [-0.05, 0) is 43.4 Å². The third-order valence-electron chi connectivity index (χ3n) is 4.43. The Balaban J connectivity index is 2.00. The first kappa shape index (κ1) is 17.7. The molecule has 0 atom stereocenters. The summed E-state index contributed by atoms with van der Waals surface area (Å²) < 4.78 is 0. The fourth-order valence-electron chi connectivity index (χ4n) is 3.22. The van der Waals surface area contributed by atoms with E-state index in [2.05, 4.69) is 60.7 Å². The maximum absolute atomic E-state index is 6.85. The van der Waals surface area contributed by atoms with Crippen LogP contribution in [0.15, 0.2) is 60.7 Å². The normalized spacial score (nSPS) is 11.6. The second-order valence-corrected chi connectivity index (χ2v) is 6.64. The standard InChI is InChI=1S/C21H30N2/c22-16-10-2-1-9-15-21(23,17-19-11-5-3-6-12-19)18-20-13-7-4-8-14-20/h3-8,11-14H,1-2,9-10,15-18,22-23H2. The van der Waals surface area contributed by atoms with Crippen LogP contribution in [0.1, 0.15) is 43.2 Å². The monoisotopic (exact) mass is 310 g/mol. The molecule has 0 aromatic heterocycles. The minimum absolute atomic E-state index is 0.175. The summed E-state index contributed by atoms with van der Waals surface area (Å²) in [5.74, 6) is 0. The average Bonchev–Trinajstić information content (AvgIpc) is 2.56. The van der Waals surface area contributed by atoms with Gasteiger partial charge in [0.25, 0.3) is 0 Å². The van der Waals surface area contributed by atoms with E-state index in [4.69, 9.17) is 11.5 Å². The molecule has 124 valence electrons. The van der Waals surface area contributed by atoms with E-state index < -0.39 is 0 Å². The van der Waals surface area contributed by atoms with E-state index in [0.29, 0.717) is 0 Å². The Labute approximate surface area is 140 Å². The van der Waals surface area contributed by atoms with Gasteiger partial charge in [-0.25, -0.2) is 0 Å². The number of unbranched alkanes of at least 4 members (excludes halogenated alkanes) is 3. The summed E-state index contributed by atoms with van der Waals surface area (Å²) in [4.78, 5) is 0. The Kier molecular flexibility index (Phi) is 7.31. The first-order chi connectivity index (χ1) is 11.2. The van der Waals surface area contributed by atoms with Crippen LogP contribution in [0.3, 0.4) is 0 Å². The molecule has 0 aliphatic heterocycles. The van der Waals surface area contributed by atoms with Gasteiger partial charge in [-0.15, -0.1) is 0 Å². The minimum atomic E-state index is -0.175.